The lowest BCUT2D eigenvalue weighted by atomic mass is 10.1. The summed E-state index contributed by atoms with van der Waals surface area (Å²) in [5.41, 5.74) is 0. The van der Waals surface area contributed by atoms with Gasteiger partial charge >= 0.3 is 5.97 Å². The van der Waals surface area contributed by atoms with E-state index in [4.69, 9.17) is 6.92 Å². The lowest BCUT2D eigenvalue weighted by Crippen LogP contribution is -2.13. The molecule has 0 aliphatic rings. The molecule has 0 amide bonds. The van der Waals surface area contributed by atoms with Gasteiger partial charge in [-0.25, -0.2) is 0 Å². The first kappa shape index (κ1) is 8.47. The van der Waals surface area contributed by atoms with Gasteiger partial charge in [0.1, 0.15) is 0 Å². The zero-order valence-electron chi connectivity index (χ0n) is 5.89. The Morgan fingerprint density at radius 1 is 1.78 bits per heavy atom. The Morgan fingerprint density at radius 3 is 2.67 bits per heavy atom. The average Bonchev–Trinajstić information content (AvgIpc) is 1.87. The highest BCUT2D eigenvalue weighted by Crippen LogP contribution is 2.01. The molecule has 2 heteroatoms. The van der Waals surface area contributed by atoms with Crippen molar-refractivity contribution in [1.82, 2.24) is 0 Å². The summed E-state index contributed by atoms with van der Waals surface area (Å²) in [6.45, 7) is 8.72. The summed E-state index contributed by atoms with van der Waals surface area (Å²) < 4.78 is 4.53. The van der Waals surface area contributed by atoms with Gasteiger partial charge in [-0.15, -0.1) is 0 Å². The molecule has 2 radical (unpaired) electrons. The van der Waals surface area contributed by atoms with E-state index in [9.17, 15) is 4.79 Å². The lowest BCUT2D eigenvalue weighted by Gasteiger charge is -2.05. The Hall–Kier alpha value is -0.530. The highest BCUT2D eigenvalue weighted by Gasteiger charge is 2.09. The van der Waals surface area contributed by atoms with Gasteiger partial charge in [0.15, 0.2) is 0 Å². The molecule has 0 bridgehead atoms. The van der Waals surface area contributed by atoms with Crippen LogP contribution in [0.2, 0.25) is 0 Å². The maximum absolute atomic E-state index is 10.7. The van der Waals surface area contributed by atoms with Crippen LogP contribution in [0.1, 0.15) is 20.3 Å². The van der Waals surface area contributed by atoms with Crippen molar-refractivity contribution in [1.29, 1.82) is 0 Å². The Labute approximate surface area is 56.2 Å². The molecule has 0 heterocycles. The molecule has 0 aliphatic carbocycles. The molecule has 0 aliphatic heterocycles. The third kappa shape index (κ3) is 3.12. The van der Waals surface area contributed by atoms with Crippen molar-refractivity contribution in [2.24, 2.45) is 5.92 Å². The Bertz CT molecular complexity index is 88.9. The van der Waals surface area contributed by atoms with E-state index in [1.165, 1.54) is 0 Å². The van der Waals surface area contributed by atoms with Gasteiger partial charge in [0.25, 0.3) is 0 Å². The summed E-state index contributed by atoms with van der Waals surface area (Å²) in [7, 11) is 0. The standard InChI is InChI=1S/C7H12O2/c1-4-6(3)7(8)9-5-2/h2,6H,4-5H2,1,3H3. The predicted molar refractivity (Wildman–Crippen MR) is 34.7 cm³/mol. The molecule has 0 N–H and O–H groups in total. The number of esters is 1. The van der Waals surface area contributed by atoms with Crippen LogP contribution in [0.15, 0.2) is 0 Å². The van der Waals surface area contributed by atoms with Crippen molar-refractivity contribution in [2.75, 3.05) is 6.61 Å². The first-order chi connectivity index (χ1) is 4.22. The molecule has 0 saturated carbocycles. The van der Waals surface area contributed by atoms with E-state index in [-0.39, 0.29) is 18.5 Å². The molecule has 1 atom stereocenters. The minimum Gasteiger partial charge on any atom is -0.465 e. The molecule has 0 aromatic rings. The van der Waals surface area contributed by atoms with Crippen LogP contribution in [0, 0.1) is 12.8 Å². The topological polar surface area (TPSA) is 26.3 Å². The number of hydrogen-bond acceptors (Lipinski definition) is 2. The second-order valence-electron chi connectivity index (χ2n) is 1.94. The smallest absolute Gasteiger partial charge is 0.308 e. The minimum atomic E-state index is -0.208. The molecule has 0 aromatic heterocycles. The third-order valence-electron chi connectivity index (χ3n) is 1.24. The first-order valence-corrected chi connectivity index (χ1v) is 3.09. The molecule has 0 aromatic carbocycles. The van der Waals surface area contributed by atoms with Gasteiger partial charge in [-0.3, -0.25) is 4.79 Å². The van der Waals surface area contributed by atoms with Crippen LogP contribution >= 0.6 is 0 Å². The van der Waals surface area contributed by atoms with E-state index >= 15 is 0 Å². The molecule has 0 saturated heterocycles. The van der Waals surface area contributed by atoms with Gasteiger partial charge in [0.2, 0.25) is 0 Å². The summed E-state index contributed by atoms with van der Waals surface area (Å²) in [6.07, 6.45) is 0.804. The maximum atomic E-state index is 10.7. The Balaban J connectivity index is 3.46. The van der Waals surface area contributed by atoms with E-state index < -0.39 is 0 Å². The average molecular weight is 128 g/mol. The van der Waals surface area contributed by atoms with Crippen molar-refractivity contribution in [3.05, 3.63) is 6.92 Å². The van der Waals surface area contributed by atoms with E-state index in [0.717, 1.165) is 6.42 Å². The molecule has 0 fully saturated rings. The van der Waals surface area contributed by atoms with Gasteiger partial charge in [-0.1, -0.05) is 13.8 Å². The summed E-state index contributed by atoms with van der Waals surface area (Å²) in [6, 6.07) is 0. The third-order valence-corrected chi connectivity index (χ3v) is 1.24. The predicted octanol–water partition coefficient (Wildman–Crippen LogP) is 1.29. The minimum absolute atomic E-state index is 0.0107. The van der Waals surface area contributed by atoms with Gasteiger partial charge in [-0.2, -0.15) is 0 Å². The van der Waals surface area contributed by atoms with E-state index in [0.29, 0.717) is 0 Å². The number of rotatable bonds is 3. The van der Waals surface area contributed by atoms with Crippen LogP contribution in [0.3, 0.4) is 0 Å². The lowest BCUT2D eigenvalue weighted by molar-refractivity contribution is -0.146. The quantitative estimate of drug-likeness (QED) is 0.535. The fourth-order valence-corrected chi connectivity index (χ4v) is 0.391. The van der Waals surface area contributed by atoms with E-state index in [1.807, 2.05) is 13.8 Å². The molecule has 2 nitrogen and oxygen atoms in total. The SMILES string of the molecule is [CH]COC(=O)C(C)CC. The van der Waals surface area contributed by atoms with Crippen LogP contribution < -0.4 is 0 Å². The molecule has 1 unspecified atom stereocenters. The van der Waals surface area contributed by atoms with Gasteiger partial charge in [0, 0.05) is 6.92 Å². The molecule has 9 heavy (non-hydrogen) atoms. The normalized spacial score (nSPS) is 12.8. The molecule has 0 rings (SSSR count). The summed E-state index contributed by atoms with van der Waals surface area (Å²) >= 11 is 0. The van der Waals surface area contributed by atoms with Crippen molar-refractivity contribution in [3.8, 4) is 0 Å². The Morgan fingerprint density at radius 2 is 2.33 bits per heavy atom. The highest BCUT2D eigenvalue weighted by molar-refractivity contribution is 5.71. The maximum Gasteiger partial charge on any atom is 0.308 e. The number of carbonyl (C=O) groups is 1. The van der Waals surface area contributed by atoms with Gasteiger partial charge in [-0.05, 0) is 6.42 Å². The summed E-state index contributed by atoms with van der Waals surface area (Å²) in [4.78, 5) is 10.7. The van der Waals surface area contributed by atoms with Crippen LogP contribution in [-0.4, -0.2) is 12.6 Å². The summed E-state index contributed by atoms with van der Waals surface area (Å²) in [5, 5.41) is 0. The fraction of sp³-hybridized carbons (Fsp3) is 0.714. The van der Waals surface area contributed by atoms with Gasteiger partial charge < -0.3 is 4.74 Å². The molecule has 0 spiro atoms. The second kappa shape index (κ2) is 4.36. The van der Waals surface area contributed by atoms with Crippen LogP contribution in [0.5, 0.6) is 0 Å². The zero-order valence-corrected chi connectivity index (χ0v) is 5.89. The van der Waals surface area contributed by atoms with Gasteiger partial charge in [0.05, 0.1) is 12.5 Å². The van der Waals surface area contributed by atoms with E-state index in [2.05, 4.69) is 4.74 Å². The number of carbonyl (C=O) groups excluding carboxylic acids is 1. The molecular weight excluding hydrogens is 116 g/mol. The van der Waals surface area contributed by atoms with Crippen molar-refractivity contribution in [2.45, 2.75) is 20.3 Å². The first-order valence-electron chi connectivity index (χ1n) is 3.09. The Kier molecular flexibility index (Phi) is 4.10. The number of hydrogen-bond donors (Lipinski definition) is 0. The zero-order chi connectivity index (χ0) is 7.28. The number of ether oxygens (including phenoxy) is 1. The van der Waals surface area contributed by atoms with Crippen molar-refractivity contribution in [3.63, 3.8) is 0 Å². The second-order valence-corrected chi connectivity index (χ2v) is 1.94. The monoisotopic (exact) mass is 128 g/mol. The van der Waals surface area contributed by atoms with Crippen LogP contribution in [0.4, 0.5) is 0 Å². The van der Waals surface area contributed by atoms with Crippen LogP contribution in [0.25, 0.3) is 0 Å². The van der Waals surface area contributed by atoms with Crippen LogP contribution in [-0.2, 0) is 9.53 Å². The largest absolute Gasteiger partial charge is 0.465 e. The molecular formula is C7H12O2. The van der Waals surface area contributed by atoms with E-state index in [1.54, 1.807) is 0 Å². The fourth-order valence-electron chi connectivity index (χ4n) is 0.391. The highest BCUT2D eigenvalue weighted by atomic mass is 16.5. The van der Waals surface area contributed by atoms with Crippen molar-refractivity contribution >= 4 is 5.97 Å². The summed E-state index contributed by atoms with van der Waals surface area (Å²) in [5.74, 6) is -0.228. The van der Waals surface area contributed by atoms with Crippen molar-refractivity contribution < 1.29 is 9.53 Å². The molecule has 52 valence electrons.